The monoisotopic (exact) mass is 323 g/mol. The van der Waals surface area contributed by atoms with E-state index in [9.17, 15) is 4.79 Å². The van der Waals surface area contributed by atoms with E-state index in [1.807, 2.05) is 23.1 Å². The third-order valence-electron chi connectivity index (χ3n) is 3.01. The summed E-state index contributed by atoms with van der Waals surface area (Å²) in [5.74, 6) is -0.225. The van der Waals surface area contributed by atoms with Gasteiger partial charge in [0.05, 0.1) is 18.2 Å². The van der Waals surface area contributed by atoms with Gasteiger partial charge in [-0.25, -0.2) is 0 Å². The van der Waals surface area contributed by atoms with E-state index >= 15 is 0 Å². The van der Waals surface area contributed by atoms with E-state index in [4.69, 9.17) is 16.3 Å². The minimum Gasteiger partial charge on any atom is -0.465 e. The number of carbonyl (C=O) groups excluding carboxylic acids is 1. The van der Waals surface area contributed by atoms with Gasteiger partial charge in [0.25, 0.3) is 0 Å². The largest absolute Gasteiger partial charge is 0.465 e. The summed E-state index contributed by atoms with van der Waals surface area (Å²) in [5.41, 5.74) is 0. The van der Waals surface area contributed by atoms with E-state index in [1.165, 1.54) is 0 Å². The molecule has 112 valence electrons. The molecule has 0 bridgehead atoms. The van der Waals surface area contributed by atoms with Gasteiger partial charge in [-0.05, 0) is 13.0 Å². The normalized spacial score (nSPS) is 11.0. The predicted molar refractivity (Wildman–Crippen MR) is 88.9 cm³/mol. The highest BCUT2D eigenvalue weighted by molar-refractivity contribution is 7.19. The lowest BCUT2D eigenvalue weighted by Gasteiger charge is -2.18. The number of benzene rings is 1. The van der Waals surface area contributed by atoms with Crippen molar-refractivity contribution in [3.8, 4) is 0 Å². The molecular formula is C16H18ClNO2S. The molecule has 0 aliphatic carbocycles. The van der Waals surface area contributed by atoms with Crippen molar-refractivity contribution < 1.29 is 9.53 Å². The number of thiophene rings is 1. The molecule has 1 heterocycles. The van der Waals surface area contributed by atoms with Crippen molar-refractivity contribution in [2.45, 2.75) is 13.5 Å². The van der Waals surface area contributed by atoms with E-state index in [0.717, 1.165) is 20.0 Å². The molecule has 0 atom stereocenters. The molecule has 5 heteroatoms. The standard InChI is InChI=1S/C16H18ClNO2S/c1-3-9-18(11-15(19)20-4-2)10-14-16(17)12-7-5-6-8-13(12)21-14/h3,5-8H,1,4,9-11H2,2H3. The summed E-state index contributed by atoms with van der Waals surface area (Å²) in [6, 6.07) is 8.04. The van der Waals surface area contributed by atoms with Crippen LogP contribution in [0.15, 0.2) is 36.9 Å². The van der Waals surface area contributed by atoms with Gasteiger partial charge in [-0.2, -0.15) is 0 Å². The zero-order valence-corrected chi connectivity index (χ0v) is 13.5. The summed E-state index contributed by atoms with van der Waals surface area (Å²) in [5, 5.41) is 1.84. The van der Waals surface area contributed by atoms with Gasteiger partial charge < -0.3 is 4.74 Å². The average molecular weight is 324 g/mol. The fraction of sp³-hybridized carbons (Fsp3) is 0.312. The van der Waals surface area contributed by atoms with Crippen LogP contribution in [0.5, 0.6) is 0 Å². The van der Waals surface area contributed by atoms with E-state index in [2.05, 4.69) is 12.6 Å². The SMILES string of the molecule is C=CCN(CC(=O)OCC)Cc1sc2ccccc2c1Cl. The molecule has 0 N–H and O–H groups in total. The molecule has 0 spiro atoms. The molecule has 0 amide bonds. The number of esters is 1. The Morgan fingerprint density at radius 2 is 2.24 bits per heavy atom. The minimum absolute atomic E-state index is 0.225. The Morgan fingerprint density at radius 1 is 1.48 bits per heavy atom. The zero-order valence-electron chi connectivity index (χ0n) is 12.0. The van der Waals surface area contributed by atoms with Crippen LogP contribution in [0.25, 0.3) is 10.1 Å². The Hall–Kier alpha value is -1.36. The number of ether oxygens (including phenoxy) is 1. The number of hydrogen-bond acceptors (Lipinski definition) is 4. The van der Waals surface area contributed by atoms with Crippen LogP contribution in [0.1, 0.15) is 11.8 Å². The van der Waals surface area contributed by atoms with Gasteiger partial charge in [0.2, 0.25) is 0 Å². The molecule has 2 rings (SSSR count). The Bertz CT molecular complexity index is 638. The van der Waals surface area contributed by atoms with E-state index < -0.39 is 0 Å². The molecule has 0 fully saturated rings. The minimum atomic E-state index is -0.225. The van der Waals surface area contributed by atoms with Gasteiger partial charge in [-0.3, -0.25) is 9.69 Å². The molecule has 3 nitrogen and oxygen atoms in total. The van der Waals surface area contributed by atoms with Crippen LogP contribution < -0.4 is 0 Å². The first kappa shape index (κ1) is 16.0. The first-order valence-corrected chi connectivity index (χ1v) is 8.00. The smallest absolute Gasteiger partial charge is 0.320 e. The maximum absolute atomic E-state index is 11.6. The maximum atomic E-state index is 11.6. The van der Waals surface area contributed by atoms with Gasteiger partial charge in [0, 0.05) is 28.1 Å². The van der Waals surface area contributed by atoms with Crippen LogP contribution >= 0.6 is 22.9 Å². The lowest BCUT2D eigenvalue weighted by Crippen LogP contribution is -2.30. The molecule has 0 saturated heterocycles. The number of carbonyl (C=O) groups is 1. The number of hydrogen-bond donors (Lipinski definition) is 0. The van der Waals surface area contributed by atoms with Crippen LogP contribution in [0.3, 0.4) is 0 Å². The summed E-state index contributed by atoms with van der Waals surface area (Å²) in [7, 11) is 0. The molecule has 0 saturated carbocycles. The van der Waals surface area contributed by atoms with Gasteiger partial charge in [0.1, 0.15) is 0 Å². The van der Waals surface area contributed by atoms with Crippen LogP contribution in [0.4, 0.5) is 0 Å². The lowest BCUT2D eigenvalue weighted by atomic mass is 10.2. The molecule has 0 unspecified atom stereocenters. The van der Waals surface area contributed by atoms with Crippen molar-refractivity contribution in [3.05, 3.63) is 46.8 Å². The Morgan fingerprint density at radius 3 is 2.90 bits per heavy atom. The summed E-state index contributed by atoms with van der Waals surface area (Å²) >= 11 is 8.10. The topological polar surface area (TPSA) is 29.5 Å². The second-order valence-corrected chi connectivity index (χ2v) is 6.11. The van der Waals surface area contributed by atoms with E-state index in [0.29, 0.717) is 19.7 Å². The first-order valence-electron chi connectivity index (χ1n) is 6.80. The predicted octanol–water partition coefficient (Wildman–Crippen LogP) is 4.11. The second kappa shape index (κ2) is 7.59. The van der Waals surface area contributed by atoms with Gasteiger partial charge in [-0.1, -0.05) is 35.9 Å². The van der Waals surface area contributed by atoms with Crippen molar-refractivity contribution >= 4 is 39.0 Å². The highest BCUT2D eigenvalue weighted by atomic mass is 35.5. The zero-order chi connectivity index (χ0) is 15.2. The van der Waals surface area contributed by atoms with Gasteiger partial charge in [0.15, 0.2) is 0 Å². The van der Waals surface area contributed by atoms with Crippen molar-refractivity contribution in [2.24, 2.45) is 0 Å². The molecule has 1 aromatic carbocycles. The molecular weight excluding hydrogens is 306 g/mol. The van der Waals surface area contributed by atoms with Crippen LogP contribution in [-0.4, -0.2) is 30.6 Å². The highest BCUT2D eigenvalue weighted by Crippen LogP contribution is 2.35. The molecule has 0 aliphatic heterocycles. The number of halogens is 1. The Balaban J connectivity index is 2.16. The fourth-order valence-electron chi connectivity index (χ4n) is 2.13. The van der Waals surface area contributed by atoms with Crippen molar-refractivity contribution in [2.75, 3.05) is 19.7 Å². The number of nitrogens with zero attached hydrogens (tertiary/aromatic N) is 1. The van der Waals surface area contributed by atoms with Crippen molar-refractivity contribution in [1.82, 2.24) is 4.90 Å². The van der Waals surface area contributed by atoms with Crippen molar-refractivity contribution in [1.29, 1.82) is 0 Å². The molecule has 1 aromatic heterocycles. The molecule has 0 radical (unpaired) electrons. The van der Waals surface area contributed by atoms with Crippen molar-refractivity contribution in [3.63, 3.8) is 0 Å². The molecule has 2 aromatic rings. The maximum Gasteiger partial charge on any atom is 0.320 e. The summed E-state index contributed by atoms with van der Waals surface area (Å²) in [4.78, 5) is 14.7. The Labute approximate surface area is 133 Å². The Kier molecular flexibility index (Phi) is 5.79. The number of rotatable bonds is 7. The summed E-state index contributed by atoms with van der Waals surface area (Å²) in [6.45, 7) is 7.40. The summed E-state index contributed by atoms with van der Waals surface area (Å²) < 4.78 is 6.16. The van der Waals surface area contributed by atoms with E-state index in [-0.39, 0.29) is 12.5 Å². The summed E-state index contributed by atoms with van der Waals surface area (Å²) in [6.07, 6.45) is 1.78. The third-order valence-corrected chi connectivity index (χ3v) is 4.71. The van der Waals surface area contributed by atoms with Gasteiger partial charge in [-0.15, -0.1) is 17.9 Å². The van der Waals surface area contributed by atoms with Crippen LogP contribution in [0.2, 0.25) is 5.02 Å². The van der Waals surface area contributed by atoms with Gasteiger partial charge >= 0.3 is 5.97 Å². The lowest BCUT2D eigenvalue weighted by molar-refractivity contribution is -0.144. The fourth-order valence-corrected chi connectivity index (χ4v) is 3.66. The van der Waals surface area contributed by atoms with Crippen LogP contribution in [0, 0.1) is 0 Å². The third kappa shape index (κ3) is 4.06. The first-order chi connectivity index (χ1) is 10.2. The number of fused-ring (bicyclic) bond motifs is 1. The van der Waals surface area contributed by atoms with E-state index in [1.54, 1.807) is 24.3 Å². The molecule has 0 aliphatic rings. The second-order valence-electron chi connectivity index (χ2n) is 4.60. The van der Waals surface area contributed by atoms with Crippen LogP contribution in [-0.2, 0) is 16.1 Å². The molecule has 21 heavy (non-hydrogen) atoms. The quantitative estimate of drug-likeness (QED) is 0.567. The average Bonchev–Trinajstić information content (AvgIpc) is 2.76. The highest BCUT2D eigenvalue weighted by Gasteiger charge is 2.16.